The molecule has 0 bridgehead atoms. The molecule has 0 N–H and O–H groups in total. The summed E-state index contributed by atoms with van der Waals surface area (Å²) in [6, 6.07) is 63.3. The first-order valence-electron chi connectivity index (χ1n) is 17.7. The Balaban J connectivity index is 1.31. The van der Waals surface area contributed by atoms with Crippen molar-refractivity contribution < 1.29 is 4.74 Å². The zero-order valence-corrected chi connectivity index (χ0v) is 28.9. The topological polar surface area (TPSA) is 9.23 Å². The summed E-state index contributed by atoms with van der Waals surface area (Å²) in [5, 5.41) is 2.17. The lowest BCUT2D eigenvalue weighted by molar-refractivity contribution is 0.436. The first-order valence-corrected chi connectivity index (χ1v) is 17.7. The van der Waals surface area contributed by atoms with Gasteiger partial charge in [0.05, 0.1) is 5.41 Å². The van der Waals surface area contributed by atoms with E-state index in [4.69, 9.17) is 4.74 Å². The molecular formula is C50H38O. The van der Waals surface area contributed by atoms with Crippen molar-refractivity contribution in [1.82, 2.24) is 0 Å². The predicted molar refractivity (Wildman–Crippen MR) is 211 cm³/mol. The minimum Gasteiger partial charge on any atom is -0.456 e. The van der Waals surface area contributed by atoms with Crippen LogP contribution in [0.2, 0.25) is 0 Å². The van der Waals surface area contributed by atoms with Crippen molar-refractivity contribution in [2.24, 2.45) is 0 Å². The molecule has 0 saturated carbocycles. The standard InChI is InChI=1S/C50H38O/c1-34-18-13-14-19-36(34)32-43-35(2)49(3,38-20-7-4-8-21-38)46-33-37(30-31-42(43)46)41-26-17-28-45-48(41)51-47-29-16-15-27-44(47)50(45,39-22-9-5-10-23-39)40-24-11-6-12-25-40/h4-33H,1H2,2-3H3/b36-32-. The summed E-state index contributed by atoms with van der Waals surface area (Å²) < 4.78 is 7.03. The van der Waals surface area contributed by atoms with Crippen LogP contribution in [0.25, 0.3) is 29.4 Å². The number of hydrogen-bond donors (Lipinski definition) is 0. The lowest BCUT2D eigenvalue weighted by Gasteiger charge is -2.42. The molecule has 0 saturated heterocycles. The molecule has 244 valence electrons. The highest BCUT2D eigenvalue weighted by atomic mass is 16.5. The van der Waals surface area contributed by atoms with Gasteiger partial charge in [-0.15, -0.1) is 0 Å². The van der Waals surface area contributed by atoms with Crippen LogP contribution in [0.4, 0.5) is 0 Å². The molecule has 1 heteroatoms. The van der Waals surface area contributed by atoms with Crippen LogP contribution in [0, 0.1) is 0 Å². The molecule has 0 amide bonds. The zero-order valence-electron chi connectivity index (χ0n) is 28.9. The Kier molecular flexibility index (Phi) is 7.26. The van der Waals surface area contributed by atoms with E-state index in [9.17, 15) is 0 Å². The van der Waals surface area contributed by atoms with Crippen LogP contribution in [-0.4, -0.2) is 0 Å². The van der Waals surface area contributed by atoms with Gasteiger partial charge in [-0.3, -0.25) is 0 Å². The maximum absolute atomic E-state index is 7.03. The van der Waals surface area contributed by atoms with Gasteiger partial charge < -0.3 is 4.74 Å². The van der Waals surface area contributed by atoms with Gasteiger partial charge >= 0.3 is 0 Å². The minimum atomic E-state index is -0.570. The number of rotatable bonds is 5. The van der Waals surface area contributed by atoms with Crippen molar-refractivity contribution in [1.29, 1.82) is 0 Å². The number of allylic oxidation sites excluding steroid dienone is 2. The van der Waals surface area contributed by atoms with E-state index in [0.29, 0.717) is 0 Å². The van der Waals surface area contributed by atoms with Gasteiger partial charge in [-0.1, -0.05) is 176 Å². The second-order valence-corrected chi connectivity index (χ2v) is 13.9. The number of ether oxygens (including phenoxy) is 1. The zero-order chi connectivity index (χ0) is 34.6. The van der Waals surface area contributed by atoms with Crippen LogP contribution < -0.4 is 15.2 Å². The van der Waals surface area contributed by atoms with Crippen LogP contribution in [0.15, 0.2) is 181 Å². The van der Waals surface area contributed by atoms with E-state index in [2.05, 4.69) is 202 Å². The molecule has 0 spiro atoms. The molecule has 1 heterocycles. The fourth-order valence-electron chi connectivity index (χ4n) is 8.65. The Bertz CT molecular complexity index is 2540. The Morgan fingerprint density at radius 3 is 1.80 bits per heavy atom. The molecule has 51 heavy (non-hydrogen) atoms. The maximum atomic E-state index is 7.03. The molecular weight excluding hydrogens is 617 g/mol. The molecule has 1 aliphatic carbocycles. The minimum absolute atomic E-state index is 0.325. The summed E-state index contributed by atoms with van der Waals surface area (Å²) in [5.41, 5.74) is 12.4. The normalized spacial score (nSPS) is 17.3. The van der Waals surface area contributed by atoms with Crippen molar-refractivity contribution in [3.63, 3.8) is 0 Å². The molecule has 7 aromatic rings. The van der Waals surface area contributed by atoms with Crippen molar-refractivity contribution in [3.8, 4) is 22.6 Å². The molecule has 2 aliphatic rings. The highest BCUT2D eigenvalue weighted by molar-refractivity contribution is 5.98. The van der Waals surface area contributed by atoms with E-state index < -0.39 is 5.41 Å². The van der Waals surface area contributed by atoms with Crippen LogP contribution >= 0.6 is 0 Å². The van der Waals surface area contributed by atoms with E-state index in [-0.39, 0.29) is 5.41 Å². The van der Waals surface area contributed by atoms with Gasteiger partial charge in [0.2, 0.25) is 0 Å². The SMILES string of the molecule is C=c1cccc/c1=C/C1=C(C)C(C)(c2ccccc2)c2cc(-c3cccc4c3Oc3ccccc3C4(c3ccccc3)c3ccccc3)ccc21. The lowest BCUT2D eigenvalue weighted by atomic mass is 9.63. The largest absolute Gasteiger partial charge is 0.456 e. The fraction of sp³-hybridized carbons (Fsp3) is 0.0800. The molecule has 9 rings (SSSR count). The average molecular weight is 655 g/mol. The summed E-state index contributed by atoms with van der Waals surface area (Å²) in [7, 11) is 0. The molecule has 1 aliphatic heterocycles. The first kappa shape index (κ1) is 30.8. The second-order valence-electron chi connectivity index (χ2n) is 13.9. The Labute approximate surface area is 300 Å². The summed E-state index contributed by atoms with van der Waals surface area (Å²) in [5.74, 6) is 1.77. The van der Waals surface area contributed by atoms with Gasteiger partial charge in [0.25, 0.3) is 0 Å². The third-order valence-corrected chi connectivity index (χ3v) is 11.4. The maximum Gasteiger partial charge on any atom is 0.140 e. The first-order chi connectivity index (χ1) is 25.0. The number of fused-ring (bicyclic) bond motifs is 3. The van der Waals surface area contributed by atoms with Gasteiger partial charge in [-0.2, -0.15) is 0 Å². The van der Waals surface area contributed by atoms with E-state index in [1.165, 1.54) is 39.0 Å². The molecule has 1 atom stereocenters. The van der Waals surface area contributed by atoms with E-state index >= 15 is 0 Å². The molecule has 0 fully saturated rings. The molecule has 7 aromatic carbocycles. The monoisotopic (exact) mass is 654 g/mol. The Hall–Kier alpha value is -6.18. The second kappa shape index (κ2) is 12.0. The van der Waals surface area contributed by atoms with Gasteiger partial charge in [-0.25, -0.2) is 0 Å². The van der Waals surface area contributed by atoms with E-state index in [1.54, 1.807) is 0 Å². The Morgan fingerprint density at radius 1 is 0.529 bits per heavy atom. The molecule has 0 aromatic heterocycles. The van der Waals surface area contributed by atoms with Crippen molar-refractivity contribution in [3.05, 3.63) is 231 Å². The number of hydrogen-bond acceptors (Lipinski definition) is 1. The molecule has 1 nitrogen and oxygen atoms in total. The van der Waals surface area contributed by atoms with Gasteiger partial charge in [-0.05, 0) is 81.4 Å². The summed E-state index contributed by atoms with van der Waals surface area (Å²) in [6.45, 7) is 9.01. The smallest absolute Gasteiger partial charge is 0.140 e. The quantitative estimate of drug-likeness (QED) is 0.179. The van der Waals surface area contributed by atoms with Gasteiger partial charge in [0.1, 0.15) is 11.5 Å². The van der Waals surface area contributed by atoms with E-state index in [0.717, 1.165) is 44.2 Å². The van der Waals surface area contributed by atoms with E-state index in [1.807, 2.05) is 0 Å². The molecule has 1 unspecified atom stereocenters. The van der Waals surface area contributed by atoms with Crippen LogP contribution in [0.1, 0.15) is 52.8 Å². The van der Waals surface area contributed by atoms with Crippen LogP contribution in [0.3, 0.4) is 0 Å². The summed E-state index contributed by atoms with van der Waals surface area (Å²) >= 11 is 0. The van der Waals surface area contributed by atoms with Gasteiger partial charge in [0, 0.05) is 22.1 Å². The third-order valence-electron chi connectivity index (χ3n) is 11.4. The summed E-state index contributed by atoms with van der Waals surface area (Å²) in [6.07, 6.45) is 2.32. The Morgan fingerprint density at radius 2 is 1.12 bits per heavy atom. The number of benzene rings is 7. The van der Waals surface area contributed by atoms with Gasteiger partial charge in [0.15, 0.2) is 0 Å². The van der Waals surface area contributed by atoms with Crippen molar-refractivity contribution in [2.45, 2.75) is 24.7 Å². The average Bonchev–Trinajstić information content (AvgIpc) is 3.40. The number of para-hydroxylation sites is 2. The van der Waals surface area contributed by atoms with Crippen LogP contribution in [-0.2, 0) is 10.8 Å². The predicted octanol–water partition coefficient (Wildman–Crippen LogP) is 10.8. The molecule has 0 radical (unpaired) electrons. The highest BCUT2D eigenvalue weighted by Gasteiger charge is 2.46. The fourth-order valence-corrected chi connectivity index (χ4v) is 8.65. The van der Waals surface area contributed by atoms with Crippen LogP contribution in [0.5, 0.6) is 11.5 Å². The highest BCUT2D eigenvalue weighted by Crippen LogP contribution is 2.58. The lowest BCUT2D eigenvalue weighted by Crippen LogP contribution is -2.34. The summed E-state index contributed by atoms with van der Waals surface area (Å²) in [4.78, 5) is 0. The third kappa shape index (κ3) is 4.62. The van der Waals surface area contributed by atoms with Crippen molar-refractivity contribution >= 4 is 18.2 Å². The van der Waals surface area contributed by atoms with Crippen molar-refractivity contribution in [2.75, 3.05) is 0 Å².